The zero-order chi connectivity index (χ0) is 18.5. The van der Waals surface area contributed by atoms with Crippen LogP contribution in [0.25, 0.3) is 0 Å². The molecule has 0 atom stereocenters. The van der Waals surface area contributed by atoms with Crippen LogP contribution in [0.2, 0.25) is 0 Å². The Balaban J connectivity index is 1.19. The van der Waals surface area contributed by atoms with E-state index in [9.17, 15) is 4.79 Å². The fourth-order valence-electron chi connectivity index (χ4n) is 3.63. The van der Waals surface area contributed by atoms with Gasteiger partial charge in [-0.2, -0.15) is 0 Å². The molecule has 4 rings (SSSR count). The first-order valence-electron chi connectivity index (χ1n) is 9.55. The van der Waals surface area contributed by atoms with E-state index >= 15 is 0 Å². The maximum atomic E-state index is 12.7. The molecular weight excluding hydrogens is 360 g/mol. The molecule has 0 unspecified atom stereocenters. The van der Waals surface area contributed by atoms with Crippen molar-refractivity contribution in [3.63, 3.8) is 0 Å². The summed E-state index contributed by atoms with van der Waals surface area (Å²) in [5.74, 6) is 1.00. The number of thiophene rings is 1. The molecule has 0 N–H and O–H groups in total. The van der Waals surface area contributed by atoms with E-state index in [4.69, 9.17) is 0 Å². The standard InChI is InChI=1S/C19H26N6OS/c26-18(24-10-12-25(13-11-24)19-20-4-2-5-21-19)16-23-8-6-22(7-9-23)15-17-3-1-14-27-17/h1-5,14H,6-13,15-16H2. The molecule has 1 amide bonds. The molecule has 2 fully saturated rings. The Morgan fingerprint density at radius 1 is 0.926 bits per heavy atom. The van der Waals surface area contributed by atoms with E-state index in [2.05, 4.69) is 42.2 Å². The summed E-state index contributed by atoms with van der Waals surface area (Å²) in [5.41, 5.74) is 0. The Morgan fingerprint density at radius 2 is 1.63 bits per heavy atom. The molecule has 0 saturated carbocycles. The molecule has 0 bridgehead atoms. The maximum absolute atomic E-state index is 12.7. The quantitative estimate of drug-likeness (QED) is 0.764. The van der Waals surface area contributed by atoms with E-state index < -0.39 is 0 Å². The highest BCUT2D eigenvalue weighted by atomic mass is 32.1. The van der Waals surface area contributed by atoms with Gasteiger partial charge in [-0.25, -0.2) is 9.97 Å². The van der Waals surface area contributed by atoms with Gasteiger partial charge in [0.15, 0.2) is 0 Å². The summed E-state index contributed by atoms with van der Waals surface area (Å²) < 4.78 is 0. The Hall–Kier alpha value is -2.03. The lowest BCUT2D eigenvalue weighted by Crippen LogP contribution is -2.54. The first kappa shape index (κ1) is 18.3. The summed E-state index contributed by atoms with van der Waals surface area (Å²) in [6.07, 6.45) is 3.52. The number of hydrogen-bond acceptors (Lipinski definition) is 7. The summed E-state index contributed by atoms with van der Waals surface area (Å²) in [6, 6.07) is 6.13. The smallest absolute Gasteiger partial charge is 0.236 e. The normalized spacial score (nSPS) is 19.4. The van der Waals surface area contributed by atoms with Crippen molar-refractivity contribution in [2.45, 2.75) is 6.54 Å². The second-order valence-corrected chi connectivity index (χ2v) is 8.08. The minimum atomic E-state index is 0.246. The van der Waals surface area contributed by atoms with Crippen molar-refractivity contribution >= 4 is 23.2 Å². The second kappa shape index (κ2) is 8.77. The highest BCUT2D eigenvalue weighted by Gasteiger charge is 2.25. The van der Waals surface area contributed by atoms with Crippen LogP contribution in [0.4, 0.5) is 5.95 Å². The van der Waals surface area contributed by atoms with Crippen LogP contribution in [0, 0.1) is 0 Å². The van der Waals surface area contributed by atoms with Crippen LogP contribution in [0.1, 0.15) is 4.88 Å². The molecule has 2 aromatic rings. The predicted molar refractivity (Wildman–Crippen MR) is 107 cm³/mol. The summed E-state index contributed by atoms with van der Waals surface area (Å²) >= 11 is 1.82. The molecule has 2 aliphatic rings. The molecule has 2 aromatic heterocycles. The highest BCUT2D eigenvalue weighted by molar-refractivity contribution is 7.09. The molecule has 4 heterocycles. The van der Waals surface area contributed by atoms with Gasteiger partial charge in [0.05, 0.1) is 6.54 Å². The molecule has 0 spiro atoms. The topological polar surface area (TPSA) is 55.8 Å². The number of aromatic nitrogens is 2. The number of hydrogen-bond donors (Lipinski definition) is 0. The number of carbonyl (C=O) groups is 1. The van der Waals surface area contributed by atoms with Crippen LogP contribution in [-0.2, 0) is 11.3 Å². The molecule has 2 aliphatic heterocycles. The van der Waals surface area contributed by atoms with Crippen molar-refractivity contribution < 1.29 is 4.79 Å². The van der Waals surface area contributed by atoms with Crippen LogP contribution in [0.15, 0.2) is 36.0 Å². The minimum absolute atomic E-state index is 0.246. The first-order valence-corrected chi connectivity index (χ1v) is 10.4. The number of amides is 1. The summed E-state index contributed by atoms with van der Waals surface area (Å²) in [6.45, 7) is 8.65. The average molecular weight is 387 g/mol. The van der Waals surface area contributed by atoms with Gasteiger partial charge < -0.3 is 9.80 Å². The van der Waals surface area contributed by atoms with Crippen molar-refractivity contribution in [2.75, 3.05) is 63.8 Å². The number of carbonyl (C=O) groups excluding carboxylic acids is 1. The van der Waals surface area contributed by atoms with Crippen molar-refractivity contribution in [1.29, 1.82) is 0 Å². The summed E-state index contributed by atoms with van der Waals surface area (Å²) in [5, 5.41) is 2.13. The van der Waals surface area contributed by atoms with Crippen LogP contribution in [0.3, 0.4) is 0 Å². The zero-order valence-electron chi connectivity index (χ0n) is 15.5. The molecule has 2 saturated heterocycles. The van der Waals surface area contributed by atoms with Crippen molar-refractivity contribution in [3.8, 4) is 0 Å². The second-order valence-electron chi connectivity index (χ2n) is 7.05. The zero-order valence-corrected chi connectivity index (χ0v) is 16.4. The van der Waals surface area contributed by atoms with Gasteiger partial charge in [0, 0.05) is 76.2 Å². The summed E-state index contributed by atoms with van der Waals surface area (Å²) in [4.78, 5) is 31.6. The van der Waals surface area contributed by atoms with E-state index in [0.29, 0.717) is 6.54 Å². The third kappa shape index (κ3) is 4.82. The Bertz CT molecular complexity index is 709. The van der Waals surface area contributed by atoms with Crippen LogP contribution >= 0.6 is 11.3 Å². The van der Waals surface area contributed by atoms with E-state index in [1.807, 2.05) is 22.3 Å². The molecule has 0 aliphatic carbocycles. The third-order valence-electron chi connectivity index (χ3n) is 5.25. The number of rotatable bonds is 5. The number of piperazine rings is 2. The van der Waals surface area contributed by atoms with Crippen molar-refractivity contribution in [1.82, 2.24) is 24.7 Å². The molecule has 144 valence electrons. The molecule has 8 heteroatoms. The first-order chi connectivity index (χ1) is 13.3. The summed E-state index contributed by atoms with van der Waals surface area (Å²) in [7, 11) is 0. The maximum Gasteiger partial charge on any atom is 0.236 e. The third-order valence-corrected chi connectivity index (χ3v) is 6.11. The lowest BCUT2D eigenvalue weighted by molar-refractivity contribution is -0.133. The lowest BCUT2D eigenvalue weighted by atomic mass is 10.2. The van der Waals surface area contributed by atoms with E-state index in [1.165, 1.54) is 4.88 Å². The highest BCUT2D eigenvalue weighted by Crippen LogP contribution is 2.14. The molecular formula is C19H26N6OS. The van der Waals surface area contributed by atoms with Crippen molar-refractivity contribution in [2.24, 2.45) is 0 Å². The predicted octanol–water partition coefficient (Wildman–Crippen LogP) is 1.00. The molecule has 0 radical (unpaired) electrons. The average Bonchev–Trinajstić information content (AvgIpc) is 3.23. The van der Waals surface area contributed by atoms with Gasteiger partial charge in [-0.05, 0) is 17.5 Å². The molecule has 7 nitrogen and oxygen atoms in total. The van der Waals surface area contributed by atoms with Crippen LogP contribution in [-0.4, -0.2) is 89.5 Å². The van der Waals surface area contributed by atoms with Crippen LogP contribution in [0.5, 0.6) is 0 Å². The largest absolute Gasteiger partial charge is 0.338 e. The van der Waals surface area contributed by atoms with E-state index in [1.54, 1.807) is 12.4 Å². The minimum Gasteiger partial charge on any atom is -0.338 e. The fourth-order valence-corrected chi connectivity index (χ4v) is 4.38. The van der Waals surface area contributed by atoms with Gasteiger partial charge in [-0.1, -0.05) is 6.07 Å². The van der Waals surface area contributed by atoms with Gasteiger partial charge in [0.25, 0.3) is 0 Å². The van der Waals surface area contributed by atoms with Gasteiger partial charge in [-0.15, -0.1) is 11.3 Å². The van der Waals surface area contributed by atoms with Gasteiger partial charge >= 0.3 is 0 Å². The lowest BCUT2D eigenvalue weighted by Gasteiger charge is -2.37. The van der Waals surface area contributed by atoms with Gasteiger partial charge in [0.1, 0.15) is 0 Å². The Kier molecular flexibility index (Phi) is 5.96. The Labute approximate surface area is 164 Å². The van der Waals surface area contributed by atoms with E-state index in [-0.39, 0.29) is 5.91 Å². The fraction of sp³-hybridized carbons (Fsp3) is 0.526. The number of nitrogens with zero attached hydrogens (tertiary/aromatic N) is 6. The molecule has 0 aromatic carbocycles. The Morgan fingerprint density at radius 3 is 2.30 bits per heavy atom. The van der Waals surface area contributed by atoms with Gasteiger partial charge in [-0.3, -0.25) is 14.6 Å². The van der Waals surface area contributed by atoms with Crippen LogP contribution < -0.4 is 4.90 Å². The van der Waals surface area contributed by atoms with E-state index in [0.717, 1.165) is 64.9 Å². The number of anilines is 1. The van der Waals surface area contributed by atoms with Crippen molar-refractivity contribution in [3.05, 3.63) is 40.8 Å². The molecule has 27 heavy (non-hydrogen) atoms. The monoisotopic (exact) mass is 386 g/mol. The van der Waals surface area contributed by atoms with Gasteiger partial charge in [0.2, 0.25) is 11.9 Å². The SMILES string of the molecule is O=C(CN1CCN(Cc2cccs2)CC1)N1CCN(c2ncccn2)CC1.